The number of benzene rings is 1. The highest BCUT2D eigenvalue weighted by molar-refractivity contribution is 5.27. The summed E-state index contributed by atoms with van der Waals surface area (Å²) in [7, 11) is 1.69. The lowest BCUT2D eigenvalue weighted by Gasteiger charge is -2.09. The van der Waals surface area contributed by atoms with E-state index >= 15 is 0 Å². The van der Waals surface area contributed by atoms with Gasteiger partial charge in [-0.25, -0.2) is 0 Å². The molecule has 0 bridgehead atoms. The molecule has 4 nitrogen and oxygen atoms in total. The quantitative estimate of drug-likeness (QED) is 0.840. The molecule has 106 valence electrons. The van der Waals surface area contributed by atoms with Gasteiger partial charge < -0.3 is 10.1 Å². The summed E-state index contributed by atoms with van der Waals surface area (Å²) in [5, 5.41) is 7.95. The molecule has 20 heavy (non-hydrogen) atoms. The molecule has 1 fully saturated rings. The van der Waals surface area contributed by atoms with Gasteiger partial charge in [-0.2, -0.15) is 5.10 Å². The number of nitrogens with one attached hydrogen (secondary N) is 1. The van der Waals surface area contributed by atoms with Crippen LogP contribution in [0.5, 0.6) is 5.75 Å². The fourth-order valence-corrected chi connectivity index (χ4v) is 2.28. The molecule has 0 unspecified atom stereocenters. The minimum atomic E-state index is 0.736. The smallest absolute Gasteiger partial charge is 0.118 e. The van der Waals surface area contributed by atoms with Crippen molar-refractivity contribution in [1.29, 1.82) is 0 Å². The van der Waals surface area contributed by atoms with Crippen molar-refractivity contribution in [2.45, 2.75) is 38.4 Å². The van der Waals surface area contributed by atoms with Crippen LogP contribution < -0.4 is 10.1 Å². The molecular formula is C16H21N3O. The summed E-state index contributed by atoms with van der Waals surface area (Å²) in [6.45, 7) is 1.84. The Balaban J connectivity index is 1.55. The molecule has 1 heterocycles. The lowest BCUT2D eigenvalue weighted by Crippen LogP contribution is -2.19. The maximum absolute atomic E-state index is 5.17. The van der Waals surface area contributed by atoms with Gasteiger partial charge in [0.15, 0.2) is 0 Å². The molecule has 0 saturated heterocycles. The standard InChI is InChI=1S/C16H21N3O/c1-20-16-6-2-13(3-7-16)9-11-19-15(8-10-18-19)12-17-14-4-5-14/h2-3,6-8,10,14,17H,4-5,9,11-12H2,1H3. The molecule has 0 atom stereocenters. The van der Waals surface area contributed by atoms with Gasteiger partial charge in [0.1, 0.15) is 5.75 Å². The highest BCUT2D eigenvalue weighted by Crippen LogP contribution is 2.19. The predicted molar refractivity (Wildman–Crippen MR) is 78.8 cm³/mol. The van der Waals surface area contributed by atoms with Crippen molar-refractivity contribution in [2.24, 2.45) is 0 Å². The van der Waals surface area contributed by atoms with Crippen LogP contribution in [-0.2, 0) is 19.5 Å². The molecule has 0 amide bonds. The Bertz CT molecular complexity index is 543. The van der Waals surface area contributed by atoms with Crippen molar-refractivity contribution in [1.82, 2.24) is 15.1 Å². The fourth-order valence-electron chi connectivity index (χ4n) is 2.28. The predicted octanol–water partition coefficient (Wildman–Crippen LogP) is 2.39. The van der Waals surface area contributed by atoms with E-state index < -0.39 is 0 Å². The van der Waals surface area contributed by atoms with E-state index in [0.717, 1.165) is 31.3 Å². The van der Waals surface area contributed by atoms with Crippen LogP contribution in [0.15, 0.2) is 36.5 Å². The number of methoxy groups -OCH3 is 1. The first-order chi connectivity index (χ1) is 9.85. The Labute approximate surface area is 119 Å². The summed E-state index contributed by atoms with van der Waals surface area (Å²) in [4.78, 5) is 0. The maximum Gasteiger partial charge on any atom is 0.118 e. The zero-order valence-corrected chi connectivity index (χ0v) is 11.9. The van der Waals surface area contributed by atoms with Gasteiger partial charge in [-0.1, -0.05) is 12.1 Å². The summed E-state index contributed by atoms with van der Waals surface area (Å²) >= 11 is 0. The first-order valence-corrected chi connectivity index (χ1v) is 7.22. The maximum atomic E-state index is 5.17. The third-order valence-corrected chi connectivity index (χ3v) is 3.73. The van der Waals surface area contributed by atoms with Crippen LogP contribution in [0.4, 0.5) is 0 Å². The molecule has 3 rings (SSSR count). The van der Waals surface area contributed by atoms with E-state index in [9.17, 15) is 0 Å². The molecule has 1 aromatic carbocycles. The van der Waals surface area contributed by atoms with Crippen LogP contribution >= 0.6 is 0 Å². The normalized spacial score (nSPS) is 14.4. The first-order valence-electron chi connectivity index (χ1n) is 7.22. The van der Waals surface area contributed by atoms with Crippen molar-refractivity contribution in [3.8, 4) is 5.75 Å². The van der Waals surface area contributed by atoms with Gasteiger partial charge in [0, 0.05) is 25.3 Å². The van der Waals surface area contributed by atoms with Gasteiger partial charge in [0.05, 0.1) is 12.8 Å². The summed E-state index contributed by atoms with van der Waals surface area (Å²) in [5.74, 6) is 0.905. The number of rotatable bonds is 7. The van der Waals surface area contributed by atoms with Crippen LogP contribution in [-0.4, -0.2) is 22.9 Å². The van der Waals surface area contributed by atoms with Crippen molar-refractivity contribution in [2.75, 3.05) is 7.11 Å². The largest absolute Gasteiger partial charge is 0.497 e. The monoisotopic (exact) mass is 271 g/mol. The van der Waals surface area contributed by atoms with E-state index in [1.54, 1.807) is 7.11 Å². The van der Waals surface area contributed by atoms with Gasteiger partial charge >= 0.3 is 0 Å². The molecule has 0 aliphatic heterocycles. The van der Waals surface area contributed by atoms with E-state index in [0.29, 0.717) is 0 Å². The van der Waals surface area contributed by atoms with E-state index in [1.807, 2.05) is 18.3 Å². The summed E-state index contributed by atoms with van der Waals surface area (Å²) in [6.07, 6.45) is 5.51. The van der Waals surface area contributed by atoms with Gasteiger partial charge in [-0.15, -0.1) is 0 Å². The lowest BCUT2D eigenvalue weighted by atomic mass is 10.1. The van der Waals surface area contributed by atoms with Gasteiger partial charge in [0.25, 0.3) is 0 Å². The lowest BCUT2D eigenvalue weighted by molar-refractivity contribution is 0.414. The molecule has 2 aromatic rings. The number of aromatic nitrogens is 2. The van der Waals surface area contributed by atoms with Crippen molar-refractivity contribution in [3.05, 3.63) is 47.8 Å². The highest BCUT2D eigenvalue weighted by Gasteiger charge is 2.20. The van der Waals surface area contributed by atoms with Crippen molar-refractivity contribution >= 4 is 0 Å². The minimum Gasteiger partial charge on any atom is -0.497 e. The molecule has 1 aliphatic rings. The number of hydrogen-bond donors (Lipinski definition) is 1. The Hall–Kier alpha value is -1.81. The minimum absolute atomic E-state index is 0.736. The molecule has 1 N–H and O–H groups in total. The average Bonchev–Trinajstić information content (AvgIpc) is 3.22. The number of hydrogen-bond acceptors (Lipinski definition) is 3. The molecule has 1 saturated carbocycles. The van der Waals surface area contributed by atoms with E-state index in [2.05, 4.69) is 33.3 Å². The number of ether oxygens (including phenoxy) is 1. The van der Waals surface area contributed by atoms with Crippen LogP contribution in [0.25, 0.3) is 0 Å². The van der Waals surface area contributed by atoms with Crippen molar-refractivity contribution in [3.63, 3.8) is 0 Å². The van der Waals surface area contributed by atoms with Crippen LogP contribution in [0.1, 0.15) is 24.1 Å². The second-order valence-corrected chi connectivity index (χ2v) is 5.30. The molecule has 0 radical (unpaired) electrons. The number of nitrogens with zero attached hydrogens (tertiary/aromatic N) is 2. The zero-order valence-electron chi connectivity index (χ0n) is 11.9. The zero-order chi connectivity index (χ0) is 13.8. The average molecular weight is 271 g/mol. The van der Waals surface area contributed by atoms with Crippen LogP contribution in [0.2, 0.25) is 0 Å². The topological polar surface area (TPSA) is 39.1 Å². The van der Waals surface area contributed by atoms with E-state index in [-0.39, 0.29) is 0 Å². The summed E-state index contributed by atoms with van der Waals surface area (Å²) in [5.41, 5.74) is 2.58. The molecule has 1 aromatic heterocycles. The summed E-state index contributed by atoms with van der Waals surface area (Å²) in [6, 6.07) is 11.1. The van der Waals surface area contributed by atoms with Gasteiger partial charge in [0.2, 0.25) is 0 Å². The first kappa shape index (κ1) is 13.2. The number of aryl methyl sites for hydroxylation is 2. The van der Waals surface area contributed by atoms with Gasteiger partial charge in [-0.3, -0.25) is 4.68 Å². The van der Waals surface area contributed by atoms with Crippen LogP contribution in [0.3, 0.4) is 0 Å². The third-order valence-electron chi connectivity index (χ3n) is 3.73. The van der Waals surface area contributed by atoms with E-state index in [4.69, 9.17) is 4.74 Å². The Kier molecular flexibility index (Phi) is 4.02. The Morgan fingerprint density at radius 3 is 2.75 bits per heavy atom. The Morgan fingerprint density at radius 2 is 2.05 bits per heavy atom. The van der Waals surface area contributed by atoms with Crippen molar-refractivity contribution < 1.29 is 4.74 Å². The SMILES string of the molecule is COc1ccc(CCn2nccc2CNC2CC2)cc1. The second kappa shape index (κ2) is 6.09. The fraction of sp³-hybridized carbons (Fsp3) is 0.438. The van der Waals surface area contributed by atoms with Crippen LogP contribution in [0, 0.1) is 0 Å². The second-order valence-electron chi connectivity index (χ2n) is 5.30. The molecule has 0 spiro atoms. The van der Waals surface area contributed by atoms with Gasteiger partial charge in [-0.05, 0) is 43.0 Å². The highest BCUT2D eigenvalue weighted by atomic mass is 16.5. The Morgan fingerprint density at radius 1 is 1.25 bits per heavy atom. The summed E-state index contributed by atoms with van der Waals surface area (Å²) < 4.78 is 7.27. The molecular weight excluding hydrogens is 250 g/mol. The van der Waals surface area contributed by atoms with E-state index in [1.165, 1.54) is 24.1 Å². The molecule has 4 heteroatoms. The molecule has 1 aliphatic carbocycles. The third kappa shape index (κ3) is 3.39.